The van der Waals surface area contributed by atoms with Gasteiger partial charge in [-0.3, -0.25) is 4.79 Å². The van der Waals surface area contributed by atoms with Crippen LogP contribution in [-0.4, -0.2) is 28.6 Å². The Morgan fingerprint density at radius 2 is 1.73 bits per heavy atom. The lowest BCUT2D eigenvalue weighted by molar-refractivity contribution is -0.117. The number of aryl methyl sites for hydroxylation is 2. The van der Waals surface area contributed by atoms with E-state index < -0.39 is 0 Å². The summed E-state index contributed by atoms with van der Waals surface area (Å²) in [5, 5.41) is 0. The van der Waals surface area contributed by atoms with Gasteiger partial charge in [-0.2, -0.15) is 0 Å². The second kappa shape index (κ2) is 11.2. The lowest BCUT2D eigenvalue weighted by atomic mass is 10.0. The van der Waals surface area contributed by atoms with Crippen LogP contribution in [0.1, 0.15) is 68.8 Å². The molecular formula is C32H37N3O2. The minimum absolute atomic E-state index is 0.0838. The highest BCUT2D eigenvalue weighted by molar-refractivity contribution is 5.97. The summed E-state index contributed by atoms with van der Waals surface area (Å²) in [6.45, 7) is 8.77. The van der Waals surface area contributed by atoms with Gasteiger partial charge in [0.2, 0.25) is 5.91 Å². The van der Waals surface area contributed by atoms with Crippen molar-refractivity contribution < 1.29 is 9.53 Å². The molecule has 1 saturated heterocycles. The predicted molar refractivity (Wildman–Crippen MR) is 151 cm³/mol. The molecule has 2 heterocycles. The van der Waals surface area contributed by atoms with Crippen LogP contribution in [-0.2, 0) is 17.8 Å². The molecule has 1 fully saturated rings. The standard InChI is InChI=1S/C32H37N3O2/c1-4-24-11-5-7-13-29(24)35-22-26(21-31(35)36)32-33-28-12-6-8-14-30(28)34(32)19-9-10-20-37-27-17-15-25(16-18-27)23(2)3/h5-8,11-18,23,26H,4,9-10,19-22H2,1-3H3. The number of carbonyl (C=O) groups excluding carboxylic acids is 1. The summed E-state index contributed by atoms with van der Waals surface area (Å²) in [4.78, 5) is 20.1. The summed E-state index contributed by atoms with van der Waals surface area (Å²) in [6, 6.07) is 25.0. The Bertz CT molecular complexity index is 1360. The van der Waals surface area contributed by atoms with Gasteiger partial charge in [0, 0.05) is 31.1 Å². The van der Waals surface area contributed by atoms with Crippen molar-refractivity contribution in [2.24, 2.45) is 0 Å². The van der Waals surface area contributed by atoms with Crippen molar-refractivity contribution in [2.45, 2.75) is 64.8 Å². The molecule has 1 atom stereocenters. The van der Waals surface area contributed by atoms with Crippen LogP contribution in [0.5, 0.6) is 5.75 Å². The van der Waals surface area contributed by atoms with E-state index in [9.17, 15) is 4.79 Å². The van der Waals surface area contributed by atoms with Crippen LogP contribution in [0.15, 0.2) is 72.8 Å². The largest absolute Gasteiger partial charge is 0.494 e. The molecule has 1 unspecified atom stereocenters. The monoisotopic (exact) mass is 495 g/mol. The average molecular weight is 496 g/mol. The number of carbonyl (C=O) groups is 1. The zero-order valence-electron chi connectivity index (χ0n) is 22.2. The molecular weight excluding hydrogens is 458 g/mol. The summed E-state index contributed by atoms with van der Waals surface area (Å²) < 4.78 is 8.33. The zero-order chi connectivity index (χ0) is 25.8. The van der Waals surface area contributed by atoms with Gasteiger partial charge < -0.3 is 14.2 Å². The van der Waals surface area contributed by atoms with Crippen molar-refractivity contribution in [1.82, 2.24) is 9.55 Å². The maximum atomic E-state index is 13.1. The minimum Gasteiger partial charge on any atom is -0.494 e. The molecule has 192 valence electrons. The number of rotatable bonds is 10. The number of amides is 1. The summed E-state index contributed by atoms with van der Waals surface area (Å²) >= 11 is 0. The quantitative estimate of drug-likeness (QED) is 0.220. The van der Waals surface area contributed by atoms with Gasteiger partial charge in [0.15, 0.2) is 0 Å². The smallest absolute Gasteiger partial charge is 0.227 e. The topological polar surface area (TPSA) is 47.4 Å². The van der Waals surface area contributed by atoms with Gasteiger partial charge in [0.1, 0.15) is 11.6 Å². The van der Waals surface area contributed by atoms with Crippen LogP contribution in [0.25, 0.3) is 11.0 Å². The number of unbranched alkanes of at least 4 members (excludes halogenated alkanes) is 1. The lowest BCUT2D eigenvalue weighted by Gasteiger charge is -2.20. The molecule has 1 amide bonds. The van der Waals surface area contributed by atoms with Crippen LogP contribution in [0.4, 0.5) is 5.69 Å². The van der Waals surface area contributed by atoms with Gasteiger partial charge in [0.05, 0.1) is 17.6 Å². The van der Waals surface area contributed by atoms with Crippen molar-refractivity contribution >= 4 is 22.6 Å². The Morgan fingerprint density at radius 1 is 0.973 bits per heavy atom. The fraction of sp³-hybridized carbons (Fsp3) is 0.375. The van der Waals surface area contributed by atoms with Gasteiger partial charge in [-0.1, -0.05) is 63.2 Å². The van der Waals surface area contributed by atoms with Crippen LogP contribution in [0.3, 0.4) is 0 Å². The molecule has 37 heavy (non-hydrogen) atoms. The molecule has 5 rings (SSSR count). The number of ether oxygens (including phenoxy) is 1. The number of aromatic nitrogens is 2. The summed E-state index contributed by atoms with van der Waals surface area (Å²) in [5.74, 6) is 2.74. The molecule has 0 spiro atoms. The van der Waals surface area contributed by atoms with Crippen LogP contribution in [0, 0.1) is 0 Å². The minimum atomic E-state index is 0.0838. The van der Waals surface area contributed by atoms with Crippen molar-refractivity contribution in [1.29, 1.82) is 0 Å². The molecule has 1 aliphatic rings. The lowest BCUT2D eigenvalue weighted by Crippen LogP contribution is -2.25. The third kappa shape index (κ3) is 5.41. The number of hydrogen-bond donors (Lipinski definition) is 0. The number of imidazole rings is 1. The van der Waals surface area contributed by atoms with E-state index in [-0.39, 0.29) is 11.8 Å². The Morgan fingerprint density at radius 3 is 2.51 bits per heavy atom. The van der Waals surface area contributed by atoms with Crippen LogP contribution >= 0.6 is 0 Å². The maximum absolute atomic E-state index is 13.1. The van der Waals surface area contributed by atoms with Crippen molar-refractivity contribution in [3.63, 3.8) is 0 Å². The highest BCUT2D eigenvalue weighted by Crippen LogP contribution is 2.35. The second-order valence-electron chi connectivity index (χ2n) is 10.3. The summed E-state index contributed by atoms with van der Waals surface area (Å²) in [6.07, 6.45) is 3.35. The molecule has 0 aliphatic carbocycles. The van der Waals surface area contributed by atoms with Gasteiger partial charge in [-0.05, 0) is 66.6 Å². The van der Waals surface area contributed by atoms with E-state index in [2.05, 4.69) is 79.9 Å². The van der Waals surface area contributed by atoms with E-state index >= 15 is 0 Å². The molecule has 5 nitrogen and oxygen atoms in total. The predicted octanol–water partition coefficient (Wildman–Crippen LogP) is 7.10. The second-order valence-corrected chi connectivity index (χ2v) is 10.3. The first-order valence-corrected chi connectivity index (χ1v) is 13.6. The first-order valence-electron chi connectivity index (χ1n) is 13.6. The van der Waals surface area contributed by atoms with E-state index in [1.54, 1.807) is 0 Å². The molecule has 0 bridgehead atoms. The number of para-hydroxylation sites is 3. The average Bonchev–Trinajstić information content (AvgIpc) is 3.49. The molecule has 0 saturated carbocycles. The van der Waals surface area contributed by atoms with Crippen LogP contribution in [0.2, 0.25) is 0 Å². The molecule has 1 aliphatic heterocycles. The van der Waals surface area contributed by atoms with Gasteiger partial charge in [0.25, 0.3) is 0 Å². The van der Waals surface area contributed by atoms with Crippen LogP contribution < -0.4 is 9.64 Å². The number of hydrogen-bond acceptors (Lipinski definition) is 3. The first-order chi connectivity index (χ1) is 18.0. The number of fused-ring (bicyclic) bond motifs is 1. The third-order valence-corrected chi connectivity index (χ3v) is 7.43. The number of anilines is 1. The van der Waals surface area contributed by atoms with E-state index in [1.807, 2.05) is 23.1 Å². The highest BCUT2D eigenvalue weighted by Gasteiger charge is 2.35. The molecule has 0 radical (unpaired) electrons. The van der Waals surface area contributed by atoms with E-state index in [0.717, 1.165) is 54.1 Å². The number of benzene rings is 3. The molecule has 1 aromatic heterocycles. The SMILES string of the molecule is CCc1ccccc1N1CC(c2nc3ccccc3n2CCCCOc2ccc(C(C)C)cc2)CC1=O. The fourth-order valence-electron chi connectivity index (χ4n) is 5.34. The van der Waals surface area contributed by atoms with E-state index in [4.69, 9.17) is 9.72 Å². The Kier molecular flexibility index (Phi) is 7.59. The molecule has 3 aromatic carbocycles. The van der Waals surface area contributed by atoms with Gasteiger partial charge >= 0.3 is 0 Å². The van der Waals surface area contributed by atoms with E-state index in [0.29, 0.717) is 25.5 Å². The van der Waals surface area contributed by atoms with Gasteiger partial charge in [-0.15, -0.1) is 0 Å². The molecule has 5 heteroatoms. The Balaban J connectivity index is 1.27. The Labute approximate surface area is 220 Å². The fourth-order valence-corrected chi connectivity index (χ4v) is 5.34. The molecule has 0 N–H and O–H groups in total. The van der Waals surface area contributed by atoms with Crippen molar-refractivity contribution in [2.75, 3.05) is 18.1 Å². The maximum Gasteiger partial charge on any atom is 0.227 e. The first kappa shape index (κ1) is 25.1. The molecule has 4 aromatic rings. The third-order valence-electron chi connectivity index (χ3n) is 7.43. The van der Waals surface area contributed by atoms with E-state index in [1.165, 1.54) is 11.1 Å². The Hall–Kier alpha value is -3.60. The highest BCUT2D eigenvalue weighted by atomic mass is 16.5. The van der Waals surface area contributed by atoms with Crippen molar-refractivity contribution in [3.8, 4) is 5.75 Å². The number of nitrogens with zero attached hydrogens (tertiary/aromatic N) is 3. The normalized spacial score (nSPS) is 15.7. The zero-order valence-corrected chi connectivity index (χ0v) is 22.2. The summed E-state index contributed by atoms with van der Waals surface area (Å²) in [7, 11) is 0. The van der Waals surface area contributed by atoms with Crippen molar-refractivity contribution in [3.05, 3.63) is 89.7 Å². The van der Waals surface area contributed by atoms with Gasteiger partial charge in [-0.25, -0.2) is 4.98 Å². The summed E-state index contributed by atoms with van der Waals surface area (Å²) in [5.41, 5.74) is 5.72.